The van der Waals surface area contributed by atoms with Crippen molar-refractivity contribution in [1.82, 2.24) is 9.80 Å². The number of unbranched alkanes of at least 4 members (excludes halogenated alkanes) is 1. The molecule has 1 fully saturated rings. The van der Waals surface area contributed by atoms with E-state index in [1.165, 1.54) is 11.0 Å². The summed E-state index contributed by atoms with van der Waals surface area (Å²) < 4.78 is 27.3. The lowest BCUT2D eigenvalue weighted by Crippen LogP contribution is -2.44. The van der Waals surface area contributed by atoms with Gasteiger partial charge in [-0.3, -0.25) is 24.2 Å². The first kappa shape index (κ1) is 18.4. The number of carbonyl (C=O) groups excluding carboxylic acids is 2. The molecule has 2 heterocycles. The largest absolute Gasteiger partial charge is 0.481 e. The topological polar surface area (TPSA) is 77.9 Å². The number of fused-ring (bicyclic) bond motifs is 1. The van der Waals surface area contributed by atoms with E-state index < -0.39 is 23.6 Å². The molecule has 26 heavy (non-hydrogen) atoms. The predicted octanol–water partition coefficient (Wildman–Crippen LogP) is 1.71. The van der Waals surface area contributed by atoms with E-state index in [4.69, 9.17) is 5.11 Å². The molecule has 0 saturated carbocycles. The molecule has 1 aromatic rings. The highest BCUT2D eigenvalue weighted by atomic mass is 19.1. The Morgan fingerprint density at radius 3 is 2.73 bits per heavy atom. The average molecular weight is 366 g/mol. The zero-order valence-electron chi connectivity index (χ0n) is 14.2. The Bertz CT molecular complexity index is 753. The second kappa shape index (κ2) is 7.49. The van der Waals surface area contributed by atoms with Crippen molar-refractivity contribution in [2.24, 2.45) is 0 Å². The summed E-state index contributed by atoms with van der Waals surface area (Å²) in [5.41, 5.74) is 0.971. The molecule has 0 spiro atoms. The summed E-state index contributed by atoms with van der Waals surface area (Å²) in [6.07, 6.45) is 1.24. The molecule has 0 unspecified atom stereocenters. The van der Waals surface area contributed by atoms with Gasteiger partial charge < -0.3 is 5.11 Å². The summed E-state index contributed by atoms with van der Waals surface area (Å²) in [6, 6.07) is 1.51. The van der Waals surface area contributed by atoms with Crippen molar-refractivity contribution in [2.75, 3.05) is 13.1 Å². The third-order valence-corrected chi connectivity index (χ3v) is 4.96. The first-order chi connectivity index (χ1) is 12.4. The van der Waals surface area contributed by atoms with E-state index in [1.807, 2.05) is 0 Å². The van der Waals surface area contributed by atoms with Gasteiger partial charge in [-0.05, 0) is 36.5 Å². The van der Waals surface area contributed by atoms with Gasteiger partial charge in [0.15, 0.2) is 0 Å². The monoisotopic (exact) mass is 366 g/mol. The van der Waals surface area contributed by atoms with E-state index in [0.29, 0.717) is 36.9 Å². The number of rotatable bonds is 6. The van der Waals surface area contributed by atoms with E-state index >= 15 is 0 Å². The molecular weight excluding hydrogens is 346 g/mol. The SMILES string of the molecule is O=C(O)CCCCN1C(=O)C[C@@H](N2CCc3c(F)cc(F)cc3C2)C1=O. The van der Waals surface area contributed by atoms with Crippen LogP contribution >= 0.6 is 0 Å². The second-order valence-corrected chi connectivity index (χ2v) is 6.70. The molecule has 0 bridgehead atoms. The average Bonchev–Trinajstić information content (AvgIpc) is 2.85. The summed E-state index contributed by atoms with van der Waals surface area (Å²) in [4.78, 5) is 38.2. The molecule has 6 nitrogen and oxygen atoms in total. The minimum atomic E-state index is -0.909. The lowest BCUT2D eigenvalue weighted by Gasteiger charge is -2.32. The highest BCUT2D eigenvalue weighted by Gasteiger charge is 2.42. The molecular formula is C18H20F2N2O4. The smallest absolute Gasteiger partial charge is 0.303 e. The Kier molecular flexibility index (Phi) is 5.31. The van der Waals surface area contributed by atoms with Gasteiger partial charge in [0.2, 0.25) is 11.8 Å². The maximum atomic E-state index is 13.8. The number of carboxylic acid groups (broad SMARTS) is 1. The molecule has 140 valence electrons. The Morgan fingerprint density at radius 2 is 2.00 bits per heavy atom. The number of hydrogen-bond acceptors (Lipinski definition) is 4. The summed E-state index contributed by atoms with van der Waals surface area (Å²) in [6.45, 7) is 0.849. The molecule has 2 aliphatic heterocycles. The van der Waals surface area contributed by atoms with Crippen LogP contribution in [-0.2, 0) is 27.3 Å². The molecule has 1 atom stereocenters. The van der Waals surface area contributed by atoms with Crippen LogP contribution in [0.2, 0.25) is 0 Å². The molecule has 3 rings (SSSR count). The quantitative estimate of drug-likeness (QED) is 0.613. The number of nitrogens with zero attached hydrogens (tertiary/aromatic N) is 2. The van der Waals surface area contributed by atoms with Gasteiger partial charge in [0.25, 0.3) is 0 Å². The number of amides is 2. The normalized spacial score (nSPS) is 20.5. The maximum absolute atomic E-state index is 13.8. The van der Waals surface area contributed by atoms with Crippen LogP contribution in [0.1, 0.15) is 36.8 Å². The maximum Gasteiger partial charge on any atom is 0.303 e. The minimum absolute atomic E-state index is 0.000311. The fourth-order valence-corrected chi connectivity index (χ4v) is 3.63. The van der Waals surface area contributed by atoms with E-state index in [9.17, 15) is 23.2 Å². The van der Waals surface area contributed by atoms with Crippen LogP contribution in [0, 0.1) is 11.6 Å². The highest BCUT2D eigenvalue weighted by molar-refractivity contribution is 6.05. The Labute approximate surface area is 149 Å². The van der Waals surface area contributed by atoms with Crippen LogP contribution in [0.5, 0.6) is 0 Å². The number of carbonyl (C=O) groups is 3. The van der Waals surface area contributed by atoms with Crippen molar-refractivity contribution in [3.05, 3.63) is 34.9 Å². The number of imide groups is 1. The van der Waals surface area contributed by atoms with Gasteiger partial charge in [0.05, 0.1) is 12.5 Å². The van der Waals surface area contributed by atoms with Gasteiger partial charge in [-0.25, -0.2) is 8.78 Å². The van der Waals surface area contributed by atoms with E-state index in [1.54, 1.807) is 4.90 Å². The molecule has 0 aliphatic carbocycles. The summed E-state index contributed by atoms with van der Waals surface area (Å²) >= 11 is 0. The Morgan fingerprint density at radius 1 is 1.23 bits per heavy atom. The van der Waals surface area contributed by atoms with Gasteiger partial charge >= 0.3 is 5.97 Å². The third kappa shape index (κ3) is 3.75. The van der Waals surface area contributed by atoms with Gasteiger partial charge in [0, 0.05) is 32.1 Å². The van der Waals surface area contributed by atoms with Crippen LogP contribution in [0.4, 0.5) is 8.78 Å². The molecule has 0 radical (unpaired) electrons. The summed E-state index contributed by atoms with van der Waals surface area (Å²) in [5.74, 6) is -2.74. The Hall–Kier alpha value is -2.35. The number of benzene rings is 1. The van der Waals surface area contributed by atoms with Crippen LogP contribution in [-0.4, -0.2) is 51.8 Å². The van der Waals surface area contributed by atoms with Crippen molar-refractivity contribution in [3.8, 4) is 0 Å². The van der Waals surface area contributed by atoms with Gasteiger partial charge in [-0.1, -0.05) is 0 Å². The summed E-state index contributed by atoms with van der Waals surface area (Å²) in [5, 5.41) is 8.63. The number of carboxylic acids is 1. The highest BCUT2D eigenvalue weighted by Crippen LogP contribution is 2.28. The van der Waals surface area contributed by atoms with Crippen molar-refractivity contribution < 1.29 is 28.3 Å². The Balaban J connectivity index is 1.64. The van der Waals surface area contributed by atoms with Crippen LogP contribution in [0.3, 0.4) is 0 Å². The number of likely N-dealkylation sites (tertiary alicyclic amines) is 1. The molecule has 2 amide bonds. The van der Waals surface area contributed by atoms with Crippen molar-refractivity contribution in [2.45, 2.75) is 44.7 Å². The van der Waals surface area contributed by atoms with Crippen molar-refractivity contribution in [3.63, 3.8) is 0 Å². The second-order valence-electron chi connectivity index (χ2n) is 6.70. The zero-order chi connectivity index (χ0) is 18.8. The predicted molar refractivity (Wildman–Crippen MR) is 87.1 cm³/mol. The van der Waals surface area contributed by atoms with Crippen LogP contribution < -0.4 is 0 Å². The van der Waals surface area contributed by atoms with E-state index in [2.05, 4.69) is 0 Å². The lowest BCUT2D eigenvalue weighted by molar-refractivity contribution is -0.139. The molecule has 1 saturated heterocycles. The molecule has 2 aliphatic rings. The first-order valence-electron chi connectivity index (χ1n) is 8.63. The number of hydrogen-bond donors (Lipinski definition) is 1. The van der Waals surface area contributed by atoms with Crippen molar-refractivity contribution >= 4 is 17.8 Å². The summed E-state index contributed by atoms with van der Waals surface area (Å²) in [7, 11) is 0. The van der Waals surface area contributed by atoms with Crippen molar-refractivity contribution in [1.29, 1.82) is 0 Å². The first-order valence-corrected chi connectivity index (χ1v) is 8.63. The molecule has 1 aromatic carbocycles. The molecule has 0 aromatic heterocycles. The fraction of sp³-hybridized carbons (Fsp3) is 0.500. The van der Waals surface area contributed by atoms with Gasteiger partial charge in [-0.2, -0.15) is 0 Å². The third-order valence-electron chi connectivity index (χ3n) is 4.96. The van der Waals surface area contributed by atoms with Crippen LogP contribution in [0.25, 0.3) is 0 Å². The van der Waals surface area contributed by atoms with Crippen LogP contribution in [0.15, 0.2) is 12.1 Å². The standard InChI is InChI=1S/C18H20F2N2O4/c19-12-7-11-10-21(6-4-13(11)14(20)8-12)15-9-16(23)22(18(15)26)5-2-1-3-17(24)25/h7-8,15H,1-6,9-10H2,(H,24,25)/t15-/m1/s1. The number of halogens is 2. The van der Waals surface area contributed by atoms with E-state index in [0.717, 1.165) is 6.07 Å². The molecule has 8 heteroatoms. The van der Waals surface area contributed by atoms with E-state index in [-0.39, 0.29) is 37.7 Å². The van der Waals surface area contributed by atoms with Gasteiger partial charge in [0.1, 0.15) is 11.6 Å². The lowest BCUT2D eigenvalue weighted by atomic mass is 9.97. The van der Waals surface area contributed by atoms with Gasteiger partial charge in [-0.15, -0.1) is 0 Å². The zero-order valence-corrected chi connectivity index (χ0v) is 14.2. The number of aliphatic carboxylic acids is 1. The fourth-order valence-electron chi connectivity index (χ4n) is 3.63. The molecule has 1 N–H and O–H groups in total. The minimum Gasteiger partial charge on any atom is -0.481 e.